The highest BCUT2D eigenvalue weighted by atomic mass is 16.3. The van der Waals surface area contributed by atoms with Crippen molar-refractivity contribution in [3.8, 4) is 11.5 Å². The lowest BCUT2D eigenvalue weighted by atomic mass is 10.2. The van der Waals surface area contributed by atoms with Crippen LogP contribution in [0.2, 0.25) is 0 Å². The molecule has 1 aromatic heterocycles. The molecule has 2 aromatic rings. The average molecular weight is 304 g/mol. The number of H-pyrrole nitrogens is 2. The van der Waals surface area contributed by atoms with E-state index in [2.05, 4.69) is 15.5 Å². The molecule has 1 heterocycles. The molecule has 0 aliphatic heterocycles. The van der Waals surface area contributed by atoms with Gasteiger partial charge in [-0.05, 0) is 23.8 Å². The van der Waals surface area contributed by atoms with Gasteiger partial charge >= 0.3 is 5.69 Å². The molecule has 9 nitrogen and oxygen atoms in total. The van der Waals surface area contributed by atoms with E-state index in [1.54, 1.807) is 0 Å². The number of rotatable bonds is 4. The second kappa shape index (κ2) is 6.39. The van der Waals surface area contributed by atoms with E-state index >= 15 is 0 Å². The Morgan fingerprint density at radius 2 is 1.95 bits per heavy atom. The zero-order valence-electron chi connectivity index (χ0n) is 11.2. The zero-order valence-corrected chi connectivity index (χ0v) is 11.2. The molecular formula is C13H12N4O5. The number of carbonyl (C=O) groups is 1. The fraction of sp³-hybridized carbons (Fsp3) is 0.0769. The van der Waals surface area contributed by atoms with Crippen molar-refractivity contribution in [1.82, 2.24) is 15.4 Å². The van der Waals surface area contributed by atoms with Crippen LogP contribution in [0.1, 0.15) is 11.3 Å². The maximum Gasteiger partial charge on any atom is 0.325 e. The summed E-state index contributed by atoms with van der Waals surface area (Å²) in [6, 6.07) is 5.13. The number of aromatic hydroxyl groups is 2. The van der Waals surface area contributed by atoms with Crippen molar-refractivity contribution in [2.24, 2.45) is 5.10 Å². The number of hydrazone groups is 1. The number of phenols is 2. The van der Waals surface area contributed by atoms with Gasteiger partial charge in [-0.1, -0.05) is 0 Å². The molecule has 1 aromatic carbocycles. The van der Waals surface area contributed by atoms with Gasteiger partial charge in [0, 0.05) is 11.8 Å². The SMILES string of the molecule is O=C(Cc1cc(=O)[nH]c(=O)[nH]1)N/N=C/c1ccc(O)c(O)c1. The van der Waals surface area contributed by atoms with E-state index in [1.807, 2.05) is 4.98 Å². The second-order valence-electron chi connectivity index (χ2n) is 4.33. The average Bonchev–Trinajstić information content (AvgIpc) is 2.41. The van der Waals surface area contributed by atoms with Crippen LogP contribution in [0.25, 0.3) is 0 Å². The van der Waals surface area contributed by atoms with Gasteiger partial charge < -0.3 is 15.2 Å². The quantitative estimate of drug-likeness (QED) is 0.284. The Hall–Kier alpha value is -3.36. The summed E-state index contributed by atoms with van der Waals surface area (Å²) in [5.74, 6) is -1.11. The van der Waals surface area contributed by atoms with Gasteiger partial charge in [0.15, 0.2) is 11.5 Å². The standard InChI is InChI=1S/C13H12N4O5/c18-9-2-1-7(3-10(9)19)6-14-17-12(21)5-8-4-11(20)16-13(22)15-8/h1-4,6,18-19H,5H2,(H,17,21)(H2,15,16,20,22)/b14-6+. The number of hydrogen-bond acceptors (Lipinski definition) is 6. The van der Waals surface area contributed by atoms with Gasteiger partial charge in [-0.25, -0.2) is 10.2 Å². The molecule has 0 saturated heterocycles. The Kier molecular flexibility index (Phi) is 4.37. The fourth-order valence-corrected chi connectivity index (χ4v) is 1.63. The molecule has 0 unspecified atom stereocenters. The summed E-state index contributed by atoms with van der Waals surface area (Å²) in [5, 5.41) is 22.1. The molecule has 0 bridgehead atoms. The lowest BCUT2D eigenvalue weighted by Crippen LogP contribution is -2.26. The molecule has 0 atom stereocenters. The number of nitrogens with zero attached hydrogens (tertiary/aromatic N) is 1. The summed E-state index contributed by atoms with van der Waals surface area (Å²) in [6.07, 6.45) is 1.04. The molecule has 0 radical (unpaired) electrons. The van der Waals surface area contributed by atoms with Crippen LogP contribution < -0.4 is 16.7 Å². The van der Waals surface area contributed by atoms with Gasteiger partial charge in [0.25, 0.3) is 5.56 Å². The topological polar surface area (TPSA) is 148 Å². The predicted octanol–water partition coefficient (Wildman–Crippen LogP) is -0.833. The van der Waals surface area contributed by atoms with E-state index in [1.165, 1.54) is 24.4 Å². The first-order valence-corrected chi connectivity index (χ1v) is 6.10. The minimum absolute atomic E-state index is 0.156. The molecule has 2 rings (SSSR count). The molecule has 1 amide bonds. The minimum atomic E-state index is -0.696. The van der Waals surface area contributed by atoms with Gasteiger partial charge in [0.1, 0.15) is 0 Å². The van der Waals surface area contributed by atoms with E-state index in [0.717, 1.165) is 6.07 Å². The summed E-state index contributed by atoms with van der Waals surface area (Å²) in [5.41, 5.74) is 1.52. The Balaban J connectivity index is 1.97. The van der Waals surface area contributed by atoms with Crippen molar-refractivity contribution < 1.29 is 15.0 Å². The number of aromatic amines is 2. The molecule has 9 heteroatoms. The minimum Gasteiger partial charge on any atom is -0.504 e. The lowest BCUT2D eigenvalue weighted by Gasteiger charge is -2.00. The normalized spacial score (nSPS) is 10.7. The Bertz CT molecular complexity index is 809. The van der Waals surface area contributed by atoms with Gasteiger partial charge in [-0.3, -0.25) is 14.6 Å². The third-order valence-electron chi connectivity index (χ3n) is 2.57. The van der Waals surface area contributed by atoms with Crippen LogP contribution >= 0.6 is 0 Å². The van der Waals surface area contributed by atoms with Crippen LogP contribution in [0.3, 0.4) is 0 Å². The van der Waals surface area contributed by atoms with Crippen LogP contribution in [-0.4, -0.2) is 32.3 Å². The van der Waals surface area contributed by atoms with E-state index in [0.29, 0.717) is 5.56 Å². The lowest BCUT2D eigenvalue weighted by molar-refractivity contribution is -0.120. The smallest absolute Gasteiger partial charge is 0.325 e. The Labute approximate surface area is 123 Å². The van der Waals surface area contributed by atoms with Gasteiger partial charge in [-0.15, -0.1) is 0 Å². The highest BCUT2D eigenvalue weighted by Gasteiger charge is 2.04. The number of aromatic nitrogens is 2. The summed E-state index contributed by atoms with van der Waals surface area (Å²) in [4.78, 5) is 38.0. The predicted molar refractivity (Wildman–Crippen MR) is 76.9 cm³/mol. The summed E-state index contributed by atoms with van der Waals surface area (Å²) in [6.45, 7) is 0. The van der Waals surface area contributed by atoms with Crippen LogP contribution in [0.5, 0.6) is 11.5 Å². The molecule has 0 aliphatic carbocycles. The highest BCUT2D eigenvalue weighted by Crippen LogP contribution is 2.23. The first-order valence-electron chi connectivity index (χ1n) is 6.10. The number of hydrogen-bond donors (Lipinski definition) is 5. The molecule has 0 fully saturated rings. The van der Waals surface area contributed by atoms with Crippen LogP contribution in [0.4, 0.5) is 0 Å². The van der Waals surface area contributed by atoms with Crippen molar-refractivity contribution in [3.05, 3.63) is 56.4 Å². The molecule has 0 saturated carbocycles. The first kappa shape index (κ1) is 15.0. The summed E-state index contributed by atoms with van der Waals surface area (Å²) >= 11 is 0. The number of phenolic OH excluding ortho intramolecular Hbond substituents is 2. The van der Waals surface area contributed by atoms with E-state index in [-0.39, 0.29) is 23.6 Å². The third kappa shape index (κ3) is 4.07. The third-order valence-corrected chi connectivity index (χ3v) is 2.57. The fourth-order valence-electron chi connectivity index (χ4n) is 1.63. The first-order chi connectivity index (χ1) is 10.4. The van der Waals surface area contributed by atoms with E-state index in [4.69, 9.17) is 5.11 Å². The zero-order chi connectivity index (χ0) is 16.1. The monoisotopic (exact) mass is 304 g/mol. The largest absolute Gasteiger partial charge is 0.504 e. The number of benzene rings is 1. The maximum absolute atomic E-state index is 11.6. The molecule has 22 heavy (non-hydrogen) atoms. The molecule has 5 N–H and O–H groups in total. The van der Waals surface area contributed by atoms with Crippen LogP contribution in [0.15, 0.2) is 39.0 Å². The van der Waals surface area contributed by atoms with Crippen LogP contribution in [0, 0.1) is 0 Å². The highest BCUT2D eigenvalue weighted by molar-refractivity contribution is 5.83. The van der Waals surface area contributed by atoms with Crippen molar-refractivity contribution in [2.75, 3.05) is 0 Å². The van der Waals surface area contributed by atoms with Gasteiger partial charge in [0.05, 0.1) is 12.6 Å². The second-order valence-corrected chi connectivity index (χ2v) is 4.33. The van der Waals surface area contributed by atoms with Gasteiger partial charge in [0.2, 0.25) is 5.91 Å². The molecule has 0 spiro atoms. The van der Waals surface area contributed by atoms with E-state index < -0.39 is 17.2 Å². The Morgan fingerprint density at radius 1 is 1.18 bits per heavy atom. The van der Waals surface area contributed by atoms with Crippen molar-refractivity contribution >= 4 is 12.1 Å². The summed E-state index contributed by atoms with van der Waals surface area (Å²) in [7, 11) is 0. The van der Waals surface area contributed by atoms with E-state index in [9.17, 15) is 19.5 Å². The Morgan fingerprint density at radius 3 is 2.64 bits per heavy atom. The number of carbonyl (C=O) groups excluding carboxylic acids is 1. The van der Waals surface area contributed by atoms with Gasteiger partial charge in [-0.2, -0.15) is 5.10 Å². The molecular weight excluding hydrogens is 292 g/mol. The van der Waals surface area contributed by atoms with Crippen molar-refractivity contribution in [1.29, 1.82) is 0 Å². The number of nitrogens with one attached hydrogen (secondary N) is 3. The van der Waals surface area contributed by atoms with Crippen molar-refractivity contribution in [2.45, 2.75) is 6.42 Å². The summed E-state index contributed by atoms with van der Waals surface area (Å²) < 4.78 is 0. The molecule has 0 aliphatic rings. The van der Waals surface area contributed by atoms with Crippen molar-refractivity contribution in [3.63, 3.8) is 0 Å². The van der Waals surface area contributed by atoms with Crippen LogP contribution in [-0.2, 0) is 11.2 Å². The maximum atomic E-state index is 11.6. The number of amides is 1. The molecule has 114 valence electrons.